The summed E-state index contributed by atoms with van der Waals surface area (Å²) < 4.78 is 15.7. The van der Waals surface area contributed by atoms with Crippen LogP contribution in [0.5, 0.6) is 5.75 Å². The number of hydrogen-bond acceptors (Lipinski definition) is 7. The van der Waals surface area contributed by atoms with Gasteiger partial charge in [0.2, 0.25) is 5.89 Å². The Kier molecular flexibility index (Phi) is 4.27. The molecule has 3 heterocycles. The van der Waals surface area contributed by atoms with Crippen LogP contribution in [-0.4, -0.2) is 40.8 Å². The first-order valence-corrected chi connectivity index (χ1v) is 8.55. The Balaban J connectivity index is 1.72. The average molecular weight is 370 g/mol. The van der Waals surface area contributed by atoms with Crippen LogP contribution in [0.1, 0.15) is 30.2 Å². The van der Waals surface area contributed by atoms with Gasteiger partial charge in [-0.05, 0) is 6.07 Å². The Bertz CT molecular complexity index is 935. The summed E-state index contributed by atoms with van der Waals surface area (Å²) in [6, 6.07) is 6.21. The van der Waals surface area contributed by atoms with Gasteiger partial charge in [0.15, 0.2) is 5.82 Å². The first-order chi connectivity index (χ1) is 13.1. The van der Waals surface area contributed by atoms with E-state index in [2.05, 4.69) is 15.5 Å². The lowest BCUT2D eigenvalue weighted by molar-refractivity contribution is -0.136. The third kappa shape index (κ3) is 2.90. The summed E-state index contributed by atoms with van der Waals surface area (Å²) in [6.07, 6.45) is 0.602. The molecule has 0 spiro atoms. The Morgan fingerprint density at radius 3 is 2.89 bits per heavy atom. The highest BCUT2D eigenvalue weighted by Gasteiger charge is 2.43. The van der Waals surface area contributed by atoms with Gasteiger partial charge in [-0.25, -0.2) is 9.59 Å². The highest BCUT2D eigenvalue weighted by molar-refractivity contribution is 5.97. The number of cyclic esters (lactones) is 1. The number of aryl methyl sites for hydroxylation is 1. The standard InChI is InChI=1S/C18H18N4O5/c1-3-14-19-13(21-27-14)8-22-11-9-26-17(23)15(11)16(20-18(22)24)10-6-4-5-7-12(10)25-2/h4-7,16H,3,8-9H2,1-2H3,(H,20,24)/t16-/m1/s1. The predicted octanol–water partition coefficient (Wildman–Crippen LogP) is 1.72. The molecule has 27 heavy (non-hydrogen) atoms. The molecular formula is C18H18N4O5. The molecular weight excluding hydrogens is 352 g/mol. The van der Waals surface area contributed by atoms with Crippen molar-refractivity contribution in [3.05, 3.63) is 52.8 Å². The maximum atomic E-state index is 12.8. The van der Waals surface area contributed by atoms with E-state index in [9.17, 15) is 9.59 Å². The lowest BCUT2D eigenvalue weighted by atomic mass is 9.95. The quantitative estimate of drug-likeness (QED) is 0.799. The predicted molar refractivity (Wildman–Crippen MR) is 91.5 cm³/mol. The SMILES string of the molecule is CCc1nc(CN2C(=O)N[C@H](c3ccccc3OC)C3=C2COC3=O)no1. The second-order valence-corrected chi connectivity index (χ2v) is 6.10. The first-order valence-electron chi connectivity index (χ1n) is 8.55. The molecule has 1 atom stereocenters. The minimum Gasteiger partial charge on any atom is -0.496 e. The number of nitrogens with one attached hydrogen (secondary N) is 1. The smallest absolute Gasteiger partial charge is 0.338 e. The summed E-state index contributed by atoms with van der Waals surface area (Å²) in [4.78, 5) is 30.8. The fraction of sp³-hybridized carbons (Fsp3) is 0.333. The number of nitrogens with zero attached hydrogens (tertiary/aromatic N) is 3. The third-order valence-electron chi connectivity index (χ3n) is 4.56. The van der Waals surface area contributed by atoms with Crippen LogP contribution >= 0.6 is 0 Å². The van der Waals surface area contributed by atoms with E-state index in [1.807, 2.05) is 25.1 Å². The summed E-state index contributed by atoms with van der Waals surface area (Å²) in [5, 5.41) is 6.74. The van der Waals surface area contributed by atoms with Crippen LogP contribution in [0.4, 0.5) is 4.79 Å². The minimum atomic E-state index is -0.647. The first kappa shape index (κ1) is 17.1. The van der Waals surface area contributed by atoms with Crippen molar-refractivity contribution >= 4 is 12.0 Å². The number of ether oxygens (including phenoxy) is 2. The molecule has 0 saturated carbocycles. The van der Waals surface area contributed by atoms with Crippen molar-refractivity contribution in [2.24, 2.45) is 0 Å². The van der Waals surface area contributed by atoms with Crippen molar-refractivity contribution in [3.8, 4) is 5.75 Å². The highest BCUT2D eigenvalue weighted by atomic mass is 16.5. The molecule has 9 nitrogen and oxygen atoms in total. The maximum Gasteiger partial charge on any atom is 0.338 e. The Morgan fingerprint density at radius 1 is 1.33 bits per heavy atom. The summed E-state index contributed by atoms with van der Waals surface area (Å²) in [5.41, 5.74) is 1.58. The molecule has 0 radical (unpaired) electrons. The number of aromatic nitrogens is 2. The summed E-state index contributed by atoms with van der Waals surface area (Å²) in [7, 11) is 1.54. The number of carbonyl (C=O) groups is 2. The van der Waals surface area contributed by atoms with Crippen molar-refractivity contribution in [2.75, 3.05) is 13.7 Å². The lowest BCUT2D eigenvalue weighted by Crippen LogP contribution is -2.47. The molecule has 0 aliphatic carbocycles. The van der Waals surface area contributed by atoms with E-state index in [4.69, 9.17) is 14.0 Å². The number of rotatable bonds is 5. The van der Waals surface area contributed by atoms with E-state index < -0.39 is 12.0 Å². The molecule has 1 aromatic heterocycles. The van der Waals surface area contributed by atoms with Crippen molar-refractivity contribution in [2.45, 2.75) is 25.9 Å². The number of methoxy groups -OCH3 is 1. The van der Waals surface area contributed by atoms with Crippen LogP contribution in [0.25, 0.3) is 0 Å². The van der Waals surface area contributed by atoms with Gasteiger partial charge in [0.25, 0.3) is 0 Å². The Morgan fingerprint density at radius 2 is 2.15 bits per heavy atom. The van der Waals surface area contributed by atoms with Gasteiger partial charge in [-0.1, -0.05) is 30.3 Å². The van der Waals surface area contributed by atoms with Crippen molar-refractivity contribution in [3.63, 3.8) is 0 Å². The van der Waals surface area contributed by atoms with Crippen LogP contribution in [0.3, 0.4) is 0 Å². The molecule has 1 N–H and O–H groups in total. The van der Waals surface area contributed by atoms with E-state index in [-0.39, 0.29) is 19.2 Å². The molecule has 4 rings (SSSR count). The van der Waals surface area contributed by atoms with Gasteiger partial charge in [0.05, 0.1) is 31.0 Å². The van der Waals surface area contributed by atoms with Crippen molar-refractivity contribution in [1.29, 1.82) is 0 Å². The van der Waals surface area contributed by atoms with E-state index in [0.717, 1.165) is 0 Å². The van der Waals surface area contributed by atoms with Crippen LogP contribution in [-0.2, 0) is 22.5 Å². The molecule has 2 aromatic rings. The number of hydrogen-bond donors (Lipinski definition) is 1. The second kappa shape index (κ2) is 6.75. The molecule has 0 unspecified atom stereocenters. The molecule has 2 aliphatic rings. The fourth-order valence-electron chi connectivity index (χ4n) is 3.26. The van der Waals surface area contributed by atoms with Gasteiger partial charge in [0, 0.05) is 12.0 Å². The maximum absolute atomic E-state index is 12.8. The average Bonchev–Trinajstić information content (AvgIpc) is 3.30. The molecule has 0 bridgehead atoms. The molecule has 0 saturated heterocycles. The minimum absolute atomic E-state index is 0.0196. The van der Waals surface area contributed by atoms with Gasteiger partial charge >= 0.3 is 12.0 Å². The zero-order valence-corrected chi connectivity index (χ0v) is 14.9. The molecule has 0 fully saturated rings. The Hall–Kier alpha value is -3.36. The number of benzene rings is 1. The van der Waals surface area contributed by atoms with Crippen LogP contribution in [0.2, 0.25) is 0 Å². The van der Waals surface area contributed by atoms with Crippen LogP contribution in [0.15, 0.2) is 40.1 Å². The van der Waals surface area contributed by atoms with Crippen molar-refractivity contribution in [1.82, 2.24) is 20.4 Å². The number of carbonyl (C=O) groups excluding carboxylic acids is 2. The van der Waals surface area contributed by atoms with E-state index >= 15 is 0 Å². The van der Waals surface area contributed by atoms with Gasteiger partial charge in [-0.15, -0.1) is 0 Å². The molecule has 140 valence electrons. The number of para-hydroxylation sites is 1. The van der Waals surface area contributed by atoms with Crippen molar-refractivity contribution < 1.29 is 23.6 Å². The summed E-state index contributed by atoms with van der Waals surface area (Å²) in [6.45, 7) is 2.00. The second-order valence-electron chi connectivity index (χ2n) is 6.10. The molecule has 9 heteroatoms. The van der Waals surface area contributed by atoms with Gasteiger partial charge in [-0.3, -0.25) is 4.90 Å². The molecule has 2 amide bonds. The highest BCUT2D eigenvalue weighted by Crippen LogP contribution is 2.38. The molecule has 1 aromatic carbocycles. The number of urea groups is 1. The summed E-state index contributed by atoms with van der Waals surface area (Å²) >= 11 is 0. The van der Waals surface area contributed by atoms with E-state index in [1.54, 1.807) is 13.2 Å². The normalized spacial score (nSPS) is 19.0. The van der Waals surface area contributed by atoms with E-state index in [1.165, 1.54) is 4.90 Å². The monoisotopic (exact) mass is 370 g/mol. The number of esters is 1. The van der Waals surface area contributed by atoms with Gasteiger partial charge in [0.1, 0.15) is 12.4 Å². The van der Waals surface area contributed by atoms with Crippen LogP contribution in [0, 0.1) is 0 Å². The van der Waals surface area contributed by atoms with Crippen LogP contribution < -0.4 is 10.1 Å². The Labute approximate surface area is 154 Å². The number of amides is 2. The zero-order valence-electron chi connectivity index (χ0n) is 14.9. The van der Waals surface area contributed by atoms with E-state index in [0.29, 0.717) is 40.7 Å². The topological polar surface area (TPSA) is 107 Å². The lowest BCUT2D eigenvalue weighted by Gasteiger charge is -2.32. The van der Waals surface area contributed by atoms with Gasteiger partial charge in [-0.2, -0.15) is 4.98 Å². The third-order valence-corrected chi connectivity index (χ3v) is 4.56. The zero-order chi connectivity index (χ0) is 19.0. The fourth-order valence-corrected chi connectivity index (χ4v) is 3.26. The largest absolute Gasteiger partial charge is 0.496 e. The summed E-state index contributed by atoms with van der Waals surface area (Å²) in [5.74, 6) is 0.966. The van der Waals surface area contributed by atoms with Gasteiger partial charge < -0.3 is 19.3 Å². The molecule has 2 aliphatic heterocycles.